The Hall–Kier alpha value is -3.13. The molecule has 2 N–H and O–H groups in total. The summed E-state index contributed by atoms with van der Waals surface area (Å²) in [6, 6.07) is 17.3. The van der Waals surface area contributed by atoms with Gasteiger partial charge >= 0.3 is 0 Å². The number of nitrogens with one attached hydrogen (secondary N) is 2. The molecule has 0 fully saturated rings. The van der Waals surface area contributed by atoms with Gasteiger partial charge in [0.1, 0.15) is 5.76 Å². The molecule has 3 rings (SSSR count). The maximum Gasteiger partial charge on any atom is 0.263 e. The molecule has 0 spiro atoms. The van der Waals surface area contributed by atoms with Crippen LogP contribution in [0.3, 0.4) is 0 Å². The van der Waals surface area contributed by atoms with Crippen molar-refractivity contribution in [1.29, 1.82) is 0 Å². The Balaban J connectivity index is 1.59. The first kappa shape index (κ1) is 19.6. The summed E-state index contributed by atoms with van der Waals surface area (Å²) in [5.74, 6) is 0.261. The Morgan fingerprint density at radius 1 is 1.07 bits per heavy atom. The molecule has 0 aliphatic rings. The fourth-order valence-electron chi connectivity index (χ4n) is 2.66. The zero-order valence-electron chi connectivity index (χ0n) is 15.4. The highest BCUT2D eigenvalue weighted by Crippen LogP contribution is 2.17. The number of anilines is 1. The van der Waals surface area contributed by atoms with Gasteiger partial charge in [-0.3, -0.25) is 9.52 Å². The summed E-state index contributed by atoms with van der Waals surface area (Å²) in [4.78, 5) is 12.3. The highest BCUT2D eigenvalue weighted by molar-refractivity contribution is 7.92. The zero-order valence-corrected chi connectivity index (χ0v) is 16.2. The summed E-state index contributed by atoms with van der Waals surface area (Å²) >= 11 is 0. The topological polar surface area (TPSA) is 101 Å². The van der Waals surface area contributed by atoms with E-state index in [2.05, 4.69) is 15.2 Å². The van der Waals surface area contributed by atoms with E-state index in [1.807, 2.05) is 30.3 Å². The molecule has 1 amide bonds. The molecule has 0 bridgehead atoms. The van der Waals surface area contributed by atoms with Crippen molar-refractivity contribution >= 4 is 21.7 Å². The largest absolute Gasteiger partial charge is 0.360 e. The molecule has 0 aliphatic carbocycles. The molecule has 8 heteroatoms. The lowest BCUT2D eigenvalue weighted by Crippen LogP contribution is -2.25. The number of aromatic nitrogens is 1. The maximum atomic E-state index is 12.5. The minimum Gasteiger partial charge on any atom is -0.360 e. The van der Waals surface area contributed by atoms with Gasteiger partial charge < -0.3 is 9.84 Å². The van der Waals surface area contributed by atoms with Crippen LogP contribution >= 0.6 is 0 Å². The lowest BCUT2D eigenvalue weighted by molar-refractivity contribution is 0.0953. The summed E-state index contributed by atoms with van der Waals surface area (Å²) in [5.41, 5.74) is 1.48. The Labute approximate surface area is 163 Å². The van der Waals surface area contributed by atoms with Gasteiger partial charge in [0.15, 0.2) is 5.82 Å². The third-order valence-corrected chi connectivity index (χ3v) is 5.40. The SMILES string of the molecule is Cc1cc(NS(=O)(=O)c2cccc(C(=O)NCCCc3ccccc3)c2)no1. The number of carbonyl (C=O) groups is 1. The van der Waals surface area contributed by atoms with Crippen LogP contribution in [0.1, 0.15) is 28.1 Å². The van der Waals surface area contributed by atoms with E-state index in [1.165, 1.54) is 29.8 Å². The van der Waals surface area contributed by atoms with E-state index >= 15 is 0 Å². The van der Waals surface area contributed by atoms with Crippen molar-refractivity contribution < 1.29 is 17.7 Å². The molecule has 0 radical (unpaired) electrons. The molecule has 3 aromatic rings. The smallest absolute Gasteiger partial charge is 0.263 e. The van der Waals surface area contributed by atoms with Crippen LogP contribution < -0.4 is 10.0 Å². The number of benzene rings is 2. The fourth-order valence-corrected chi connectivity index (χ4v) is 3.69. The monoisotopic (exact) mass is 399 g/mol. The molecule has 1 aromatic heterocycles. The second-order valence-electron chi connectivity index (χ2n) is 6.30. The maximum absolute atomic E-state index is 12.5. The Morgan fingerprint density at radius 3 is 2.57 bits per heavy atom. The fraction of sp³-hybridized carbons (Fsp3) is 0.200. The first-order chi connectivity index (χ1) is 13.4. The second kappa shape index (κ2) is 8.71. The Kier molecular flexibility index (Phi) is 6.10. The summed E-state index contributed by atoms with van der Waals surface area (Å²) in [6.07, 6.45) is 1.65. The molecule has 146 valence electrons. The molecular formula is C20H21N3O4S. The minimum atomic E-state index is -3.87. The van der Waals surface area contributed by atoms with Crippen LogP contribution in [0.2, 0.25) is 0 Å². The van der Waals surface area contributed by atoms with Crippen molar-refractivity contribution in [2.45, 2.75) is 24.7 Å². The lowest BCUT2D eigenvalue weighted by Gasteiger charge is -2.08. The molecule has 0 aliphatic heterocycles. The quantitative estimate of drug-likeness (QED) is 0.567. The first-order valence-corrected chi connectivity index (χ1v) is 10.3. The van der Waals surface area contributed by atoms with Crippen LogP contribution in [0.25, 0.3) is 0 Å². The number of hydrogen-bond acceptors (Lipinski definition) is 5. The van der Waals surface area contributed by atoms with Crippen LogP contribution in [0.4, 0.5) is 5.82 Å². The molecule has 28 heavy (non-hydrogen) atoms. The van der Waals surface area contributed by atoms with Crippen LogP contribution in [0, 0.1) is 6.92 Å². The number of sulfonamides is 1. The van der Waals surface area contributed by atoms with Gasteiger partial charge in [-0.1, -0.05) is 41.6 Å². The number of amides is 1. The van der Waals surface area contributed by atoms with Crippen molar-refractivity contribution in [3.63, 3.8) is 0 Å². The van der Waals surface area contributed by atoms with Crippen molar-refractivity contribution in [2.75, 3.05) is 11.3 Å². The van der Waals surface area contributed by atoms with Crippen molar-refractivity contribution in [1.82, 2.24) is 10.5 Å². The van der Waals surface area contributed by atoms with Gasteiger partial charge in [-0.05, 0) is 43.5 Å². The molecular weight excluding hydrogens is 378 g/mol. The average Bonchev–Trinajstić information content (AvgIpc) is 3.10. The predicted octanol–water partition coefficient (Wildman–Crippen LogP) is 3.15. The van der Waals surface area contributed by atoms with Gasteiger partial charge in [-0.25, -0.2) is 8.42 Å². The van der Waals surface area contributed by atoms with Crippen molar-refractivity contribution in [2.24, 2.45) is 0 Å². The van der Waals surface area contributed by atoms with Crippen LogP contribution in [-0.2, 0) is 16.4 Å². The van der Waals surface area contributed by atoms with E-state index in [0.29, 0.717) is 12.3 Å². The highest BCUT2D eigenvalue weighted by Gasteiger charge is 2.18. The standard InChI is InChI=1S/C20H21N3O4S/c1-15-13-19(22-27-15)23-28(25,26)18-11-5-10-17(14-18)20(24)21-12-6-9-16-7-3-2-4-8-16/h2-5,7-8,10-11,13-14H,6,9,12H2,1H3,(H,21,24)(H,22,23). The van der Waals surface area contributed by atoms with Crippen molar-refractivity contribution in [3.05, 3.63) is 77.6 Å². The molecule has 0 saturated heterocycles. The summed E-state index contributed by atoms with van der Waals surface area (Å²) in [5, 5.41) is 6.43. The summed E-state index contributed by atoms with van der Waals surface area (Å²) < 4.78 is 32.1. The van der Waals surface area contributed by atoms with Gasteiger partial charge in [-0.15, -0.1) is 0 Å². The van der Waals surface area contributed by atoms with E-state index in [9.17, 15) is 13.2 Å². The number of carbonyl (C=O) groups excluding carboxylic acids is 1. The predicted molar refractivity (Wildman–Crippen MR) is 106 cm³/mol. The highest BCUT2D eigenvalue weighted by atomic mass is 32.2. The Morgan fingerprint density at radius 2 is 1.86 bits per heavy atom. The minimum absolute atomic E-state index is 0.0231. The van der Waals surface area contributed by atoms with E-state index < -0.39 is 10.0 Å². The molecule has 0 atom stereocenters. The van der Waals surface area contributed by atoms with Gasteiger partial charge in [0.2, 0.25) is 0 Å². The van der Waals surface area contributed by atoms with E-state index in [1.54, 1.807) is 13.0 Å². The van der Waals surface area contributed by atoms with Crippen LogP contribution in [-0.4, -0.2) is 26.0 Å². The van der Waals surface area contributed by atoms with Gasteiger partial charge in [0.05, 0.1) is 4.90 Å². The average molecular weight is 399 g/mol. The molecule has 7 nitrogen and oxygen atoms in total. The van der Waals surface area contributed by atoms with Crippen LogP contribution in [0.5, 0.6) is 0 Å². The zero-order chi connectivity index (χ0) is 20.0. The summed E-state index contributed by atoms with van der Waals surface area (Å²) in [6.45, 7) is 2.16. The molecule has 0 unspecified atom stereocenters. The lowest BCUT2D eigenvalue weighted by atomic mass is 10.1. The summed E-state index contributed by atoms with van der Waals surface area (Å²) in [7, 11) is -3.87. The first-order valence-electron chi connectivity index (χ1n) is 8.82. The van der Waals surface area contributed by atoms with E-state index in [4.69, 9.17) is 4.52 Å². The van der Waals surface area contributed by atoms with Gasteiger partial charge in [0.25, 0.3) is 15.9 Å². The molecule has 1 heterocycles. The van der Waals surface area contributed by atoms with E-state index in [0.717, 1.165) is 12.8 Å². The molecule has 2 aromatic carbocycles. The van der Waals surface area contributed by atoms with Gasteiger partial charge in [-0.2, -0.15) is 0 Å². The number of hydrogen-bond donors (Lipinski definition) is 2. The normalized spacial score (nSPS) is 11.2. The second-order valence-corrected chi connectivity index (χ2v) is 7.98. The number of rotatable bonds is 8. The Bertz CT molecular complexity index is 1050. The van der Waals surface area contributed by atoms with Crippen LogP contribution in [0.15, 0.2) is 70.1 Å². The van der Waals surface area contributed by atoms with Gasteiger partial charge in [0, 0.05) is 18.2 Å². The third-order valence-electron chi connectivity index (χ3n) is 4.04. The third kappa shape index (κ3) is 5.20. The number of aryl methyl sites for hydroxylation is 2. The molecule has 0 saturated carbocycles. The number of nitrogens with zero attached hydrogens (tertiary/aromatic N) is 1. The van der Waals surface area contributed by atoms with Crippen molar-refractivity contribution in [3.8, 4) is 0 Å². The van der Waals surface area contributed by atoms with E-state index in [-0.39, 0.29) is 22.2 Å².